The average molecular weight is 289 g/mol. The van der Waals surface area contributed by atoms with Crippen LogP contribution in [0.25, 0.3) is 0 Å². The van der Waals surface area contributed by atoms with Crippen molar-refractivity contribution in [3.05, 3.63) is 24.3 Å². The van der Waals surface area contributed by atoms with Crippen LogP contribution in [-0.2, 0) is 0 Å². The second-order valence-corrected chi connectivity index (χ2v) is 6.15. The maximum atomic E-state index is 5.48. The molecule has 2 aliphatic rings. The molecule has 1 aromatic rings. The van der Waals surface area contributed by atoms with Gasteiger partial charge < -0.3 is 15.0 Å². The molecule has 116 valence electrons. The monoisotopic (exact) mass is 289 g/mol. The first-order valence-electron chi connectivity index (χ1n) is 8.18. The summed E-state index contributed by atoms with van der Waals surface area (Å²) in [6.45, 7) is 8.22. The molecule has 0 aliphatic carbocycles. The van der Waals surface area contributed by atoms with E-state index in [1.165, 1.54) is 38.2 Å². The number of rotatable bonds is 5. The first-order chi connectivity index (χ1) is 10.4. The summed E-state index contributed by atoms with van der Waals surface area (Å²) in [6, 6.07) is 8.35. The maximum Gasteiger partial charge on any atom is 0.142 e. The predicted molar refractivity (Wildman–Crippen MR) is 87.2 cm³/mol. The van der Waals surface area contributed by atoms with Crippen molar-refractivity contribution in [2.45, 2.75) is 12.8 Å². The summed E-state index contributed by atoms with van der Waals surface area (Å²) in [6.07, 6.45) is 2.71. The van der Waals surface area contributed by atoms with Gasteiger partial charge >= 0.3 is 0 Å². The first kappa shape index (κ1) is 14.7. The van der Waals surface area contributed by atoms with Crippen molar-refractivity contribution in [1.82, 2.24) is 10.2 Å². The molecule has 0 radical (unpaired) electrons. The fraction of sp³-hybridized carbons (Fsp3) is 0.647. The van der Waals surface area contributed by atoms with Gasteiger partial charge in [-0.2, -0.15) is 0 Å². The van der Waals surface area contributed by atoms with E-state index in [1.54, 1.807) is 7.11 Å². The van der Waals surface area contributed by atoms with Crippen molar-refractivity contribution < 1.29 is 4.74 Å². The maximum absolute atomic E-state index is 5.48. The number of hydrogen-bond donors (Lipinski definition) is 1. The summed E-state index contributed by atoms with van der Waals surface area (Å²) in [5, 5.41) is 3.46. The van der Waals surface area contributed by atoms with Crippen LogP contribution in [0, 0.1) is 5.92 Å². The second-order valence-electron chi connectivity index (χ2n) is 6.15. The second kappa shape index (κ2) is 7.14. The fourth-order valence-electron chi connectivity index (χ4n) is 3.43. The van der Waals surface area contributed by atoms with Gasteiger partial charge in [-0.05, 0) is 50.5 Å². The van der Waals surface area contributed by atoms with Crippen LogP contribution in [0.1, 0.15) is 12.8 Å². The lowest BCUT2D eigenvalue weighted by Gasteiger charge is -2.37. The van der Waals surface area contributed by atoms with Crippen molar-refractivity contribution in [2.75, 3.05) is 57.8 Å². The molecule has 3 rings (SSSR count). The molecule has 1 aromatic carbocycles. The van der Waals surface area contributed by atoms with Crippen molar-refractivity contribution in [2.24, 2.45) is 5.92 Å². The third-order valence-electron chi connectivity index (χ3n) is 4.81. The molecule has 2 heterocycles. The van der Waals surface area contributed by atoms with Crippen LogP contribution in [0.2, 0.25) is 0 Å². The molecule has 1 unspecified atom stereocenters. The van der Waals surface area contributed by atoms with E-state index in [4.69, 9.17) is 4.74 Å². The highest BCUT2D eigenvalue weighted by atomic mass is 16.5. The SMILES string of the molecule is COc1ccccc1N1CCN(CCC2CCNC2)CC1. The molecule has 0 amide bonds. The molecule has 21 heavy (non-hydrogen) atoms. The van der Waals surface area contributed by atoms with E-state index in [9.17, 15) is 0 Å². The number of nitrogens with one attached hydrogen (secondary N) is 1. The normalized spacial score (nSPS) is 23.5. The third kappa shape index (κ3) is 3.69. The van der Waals surface area contributed by atoms with Crippen LogP contribution >= 0.6 is 0 Å². The van der Waals surface area contributed by atoms with Crippen LogP contribution in [0.5, 0.6) is 5.75 Å². The quantitative estimate of drug-likeness (QED) is 0.895. The molecule has 2 fully saturated rings. The molecule has 2 saturated heterocycles. The van der Waals surface area contributed by atoms with Crippen LogP contribution in [-0.4, -0.2) is 57.8 Å². The van der Waals surface area contributed by atoms with Gasteiger partial charge in [0, 0.05) is 26.2 Å². The number of ether oxygens (including phenoxy) is 1. The number of piperazine rings is 1. The summed E-state index contributed by atoms with van der Waals surface area (Å²) in [5.74, 6) is 1.89. The highest BCUT2D eigenvalue weighted by Crippen LogP contribution is 2.28. The van der Waals surface area contributed by atoms with Crippen molar-refractivity contribution in [3.8, 4) is 5.75 Å². The number of hydrogen-bond acceptors (Lipinski definition) is 4. The Morgan fingerprint density at radius 1 is 1.19 bits per heavy atom. The van der Waals surface area contributed by atoms with E-state index in [0.717, 1.165) is 37.8 Å². The Hall–Kier alpha value is -1.26. The highest BCUT2D eigenvalue weighted by molar-refractivity contribution is 5.58. The molecule has 1 atom stereocenters. The van der Waals surface area contributed by atoms with Gasteiger partial charge in [-0.3, -0.25) is 4.90 Å². The van der Waals surface area contributed by atoms with Crippen LogP contribution in [0.15, 0.2) is 24.3 Å². The number of para-hydroxylation sites is 2. The van der Waals surface area contributed by atoms with Crippen LogP contribution in [0.4, 0.5) is 5.69 Å². The average Bonchev–Trinajstić information content (AvgIpc) is 3.07. The van der Waals surface area contributed by atoms with Gasteiger partial charge in [-0.1, -0.05) is 12.1 Å². The molecule has 2 aliphatic heterocycles. The molecular formula is C17H27N3O. The smallest absolute Gasteiger partial charge is 0.142 e. The zero-order chi connectivity index (χ0) is 14.5. The fourth-order valence-corrected chi connectivity index (χ4v) is 3.43. The number of nitrogens with zero attached hydrogens (tertiary/aromatic N) is 2. The van der Waals surface area contributed by atoms with E-state index in [0.29, 0.717) is 0 Å². The van der Waals surface area contributed by atoms with Gasteiger partial charge in [0.25, 0.3) is 0 Å². The zero-order valence-corrected chi connectivity index (χ0v) is 13.1. The van der Waals surface area contributed by atoms with Gasteiger partial charge in [0.05, 0.1) is 12.8 Å². The summed E-state index contributed by atoms with van der Waals surface area (Å²) in [4.78, 5) is 5.07. The number of benzene rings is 1. The highest BCUT2D eigenvalue weighted by Gasteiger charge is 2.21. The summed E-state index contributed by atoms with van der Waals surface area (Å²) in [7, 11) is 1.75. The molecule has 0 bridgehead atoms. The van der Waals surface area contributed by atoms with E-state index in [2.05, 4.69) is 33.3 Å². The molecule has 0 saturated carbocycles. The summed E-state index contributed by atoms with van der Waals surface area (Å²) >= 11 is 0. The Kier molecular flexibility index (Phi) is 4.99. The molecule has 4 nitrogen and oxygen atoms in total. The van der Waals surface area contributed by atoms with Crippen molar-refractivity contribution in [1.29, 1.82) is 0 Å². The molecule has 0 spiro atoms. The van der Waals surface area contributed by atoms with Crippen LogP contribution < -0.4 is 15.0 Å². The van der Waals surface area contributed by atoms with E-state index in [-0.39, 0.29) is 0 Å². The molecule has 4 heteroatoms. The number of methoxy groups -OCH3 is 1. The Morgan fingerprint density at radius 3 is 2.71 bits per heavy atom. The molecular weight excluding hydrogens is 262 g/mol. The van der Waals surface area contributed by atoms with E-state index in [1.807, 2.05) is 6.07 Å². The minimum absolute atomic E-state index is 0.900. The summed E-state index contributed by atoms with van der Waals surface area (Å²) in [5.41, 5.74) is 1.24. The van der Waals surface area contributed by atoms with Crippen molar-refractivity contribution in [3.63, 3.8) is 0 Å². The largest absolute Gasteiger partial charge is 0.495 e. The minimum Gasteiger partial charge on any atom is -0.495 e. The van der Waals surface area contributed by atoms with Gasteiger partial charge in [-0.25, -0.2) is 0 Å². The standard InChI is InChI=1S/C17H27N3O/c1-21-17-5-3-2-4-16(17)20-12-10-19(11-13-20)9-7-15-6-8-18-14-15/h2-5,15,18H,6-14H2,1H3. The zero-order valence-electron chi connectivity index (χ0n) is 13.1. The van der Waals surface area contributed by atoms with Crippen LogP contribution in [0.3, 0.4) is 0 Å². The predicted octanol–water partition coefficient (Wildman–Crippen LogP) is 1.82. The minimum atomic E-state index is 0.900. The Labute approximate surface area is 128 Å². The van der Waals surface area contributed by atoms with E-state index < -0.39 is 0 Å². The first-order valence-corrected chi connectivity index (χ1v) is 8.18. The Balaban J connectivity index is 1.48. The summed E-state index contributed by atoms with van der Waals surface area (Å²) < 4.78 is 5.48. The van der Waals surface area contributed by atoms with Gasteiger partial charge in [0.15, 0.2) is 0 Å². The topological polar surface area (TPSA) is 27.7 Å². The van der Waals surface area contributed by atoms with E-state index >= 15 is 0 Å². The number of anilines is 1. The van der Waals surface area contributed by atoms with Crippen molar-refractivity contribution >= 4 is 5.69 Å². The lowest BCUT2D eigenvalue weighted by Crippen LogP contribution is -2.47. The lowest BCUT2D eigenvalue weighted by atomic mass is 10.0. The molecule has 1 N–H and O–H groups in total. The van der Waals surface area contributed by atoms with Gasteiger partial charge in [-0.15, -0.1) is 0 Å². The Bertz CT molecular complexity index is 437. The van der Waals surface area contributed by atoms with Gasteiger partial charge in [0.1, 0.15) is 5.75 Å². The van der Waals surface area contributed by atoms with Gasteiger partial charge in [0.2, 0.25) is 0 Å². The lowest BCUT2D eigenvalue weighted by molar-refractivity contribution is 0.240. The molecule has 0 aromatic heterocycles. The Morgan fingerprint density at radius 2 is 2.00 bits per heavy atom. The third-order valence-corrected chi connectivity index (χ3v) is 4.81.